The Morgan fingerprint density at radius 2 is 2.04 bits per heavy atom. The van der Waals surface area contributed by atoms with Gasteiger partial charge in [-0.2, -0.15) is 0 Å². The molecule has 0 saturated carbocycles. The van der Waals surface area contributed by atoms with E-state index in [0.717, 1.165) is 31.1 Å². The van der Waals surface area contributed by atoms with Crippen LogP contribution in [-0.4, -0.2) is 59.1 Å². The second kappa shape index (κ2) is 7.51. The predicted molar refractivity (Wildman–Crippen MR) is 88.2 cm³/mol. The van der Waals surface area contributed by atoms with Crippen LogP contribution in [0.5, 0.6) is 5.75 Å². The number of carbonyl (C=O) groups excluding carboxylic acids is 1. The van der Waals surface area contributed by atoms with Crippen molar-refractivity contribution < 1.29 is 19.4 Å². The van der Waals surface area contributed by atoms with Crippen LogP contribution in [0.4, 0.5) is 5.82 Å². The van der Waals surface area contributed by atoms with Crippen LogP contribution in [0.3, 0.4) is 0 Å². The molecule has 1 N–H and O–H groups in total. The molecule has 0 radical (unpaired) electrons. The number of carboxylic acids is 1. The summed E-state index contributed by atoms with van der Waals surface area (Å²) in [6.07, 6.45) is 4.74. The number of aromatic nitrogens is 1. The summed E-state index contributed by atoms with van der Waals surface area (Å²) in [5.74, 6) is 0.588. The molecule has 130 valence electrons. The van der Waals surface area contributed by atoms with Crippen molar-refractivity contribution >= 4 is 17.7 Å². The third-order valence-electron chi connectivity index (χ3n) is 4.50. The molecule has 2 aliphatic rings. The number of hydrogen-bond donors (Lipinski definition) is 1. The Kier molecular flexibility index (Phi) is 5.17. The van der Waals surface area contributed by atoms with Gasteiger partial charge < -0.3 is 19.6 Å². The number of hydrogen-bond acceptors (Lipinski definition) is 5. The fraction of sp³-hybridized carbons (Fsp3) is 0.588. The summed E-state index contributed by atoms with van der Waals surface area (Å²) in [6.45, 7) is 3.12. The molecule has 0 aliphatic carbocycles. The second-order valence-electron chi connectivity index (χ2n) is 6.28. The van der Waals surface area contributed by atoms with Crippen molar-refractivity contribution in [2.45, 2.75) is 38.2 Å². The minimum atomic E-state index is -0.944. The minimum absolute atomic E-state index is 0.0496. The number of carbonyl (C=O) groups is 2. The van der Waals surface area contributed by atoms with E-state index < -0.39 is 5.97 Å². The molecule has 1 aromatic heterocycles. The average molecular weight is 333 g/mol. The molecule has 3 heterocycles. The zero-order chi connectivity index (χ0) is 16.9. The lowest BCUT2D eigenvalue weighted by Crippen LogP contribution is -2.31. The van der Waals surface area contributed by atoms with Crippen molar-refractivity contribution in [3.63, 3.8) is 0 Å². The van der Waals surface area contributed by atoms with Gasteiger partial charge in [-0.15, -0.1) is 0 Å². The number of ether oxygens (including phenoxy) is 1. The van der Waals surface area contributed by atoms with Crippen molar-refractivity contribution in [1.29, 1.82) is 0 Å². The van der Waals surface area contributed by atoms with Crippen LogP contribution in [0.1, 0.15) is 32.1 Å². The fourth-order valence-corrected chi connectivity index (χ4v) is 3.24. The molecule has 1 aromatic rings. The normalized spacial score (nSPS) is 20.4. The SMILES string of the molecule is O=C(O)CCC(=O)N1CCC(Oc2cccnc2N2CCCC2)C1. The molecule has 24 heavy (non-hydrogen) atoms. The molecule has 1 atom stereocenters. The number of anilines is 1. The first-order valence-corrected chi connectivity index (χ1v) is 8.49. The number of nitrogens with zero attached hydrogens (tertiary/aromatic N) is 3. The molecule has 2 saturated heterocycles. The van der Waals surface area contributed by atoms with Crippen LogP contribution < -0.4 is 9.64 Å². The maximum atomic E-state index is 12.0. The lowest BCUT2D eigenvalue weighted by molar-refractivity contribution is -0.140. The molecule has 3 rings (SSSR count). The van der Waals surface area contributed by atoms with Crippen molar-refractivity contribution in [3.05, 3.63) is 18.3 Å². The summed E-state index contributed by atoms with van der Waals surface area (Å²) in [4.78, 5) is 31.0. The van der Waals surface area contributed by atoms with E-state index in [0.29, 0.717) is 13.1 Å². The zero-order valence-corrected chi connectivity index (χ0v) is 13.7. The van der Waals surface area contributed by atoms with Crippen molar-refractivity contribution in [2.75, 3.05) is 31.1 Å². The van der Waals surface area contributed by atoms with Gasteiger partial charge in [-0.3, -0.25) is 9.59 Å². The smallest absolute Gasteiger partial charge is 0.303 e. The van der Waals surface area contributed by atoms with Crippen molar-refractivity contribution in [2.24, 2.45) is 0 Å². The van der Waals surface area contributed by atoms with Crippen molar-refractivity contribution in [3.8, 4) is 5.75 Å². The Morgan fingerprint density at radius 1 is 1.25 bits per heavy atom. The van der Waals surface area contributed by atoms with E-state index in [1.54, 1.807) is 11.1 Å². The van der Waals surface area contributed by atoms with Gasteiger partial charge in [-0.25, -0.2) is 4.98 Å². The van der Waals surface area contributed by atoms with Gasteiger partial charge in [0.25, 0.3) is 0 Å². The van der Waals surface area contributed by atoms with E-state index in [-0.39, 0.29) is 24.9 Å². The van der Waals surface area contributed by atoms with E-state index >= 15 is 0 Å². The minimum Gasteiger partial charge on any atom is -0.485 e. The van der Waals surface area contributed by atoms with Crippen LogP contribution in [-0.2, 0) is 9.59 Å². The Bertz CT molecular complexity index is 601. The number of amides is 1. The van der Waals surface area contributed by atoms with Gasteiger partial charge in [0, 0.05) is 38.7 Å². The Morgan fingerprint density at radius 3 is 2.79 bits per heavy atom. The largest absolute Gasteiger partial charge is 0.485 e. The molecule has 0 aromatic carbocycles. The maximum Gasteiger partial charge on any atom is 0.303 e. The molecule has 2 fully saturated rings. The van der Waals surface area contributed by atoms with E-state index in [2.05, 4.69) is 9.88 Å². The van der Waals surface area contributed by atoms with Crippen LogP contribution in [0.15, 0.2) is 18.3 Å². The first kappa shape index (κ1) is 16.5. The summed E-state index contributed by atoms with van der Waals surface area (Å²) in [5.41, 5.74) is 0. The molecule has 1 amide bonds. The Balaban J connectivity index is 1.58. The fourth-order valence-electron chi connectivity index (χ4n) is 3.24. The quantitative estimate of drug-likeness (QED) is 0.850. The van der Waals surface area contributed by atoms with E-state index in [9.17, 15) is 9.59 Å². The highest BCUT2D eigenvalue weighted by molar-refractivity contribution is 5.81. The number of carboxylic acid groups (broad SMARTS) is 1. The summed E-state index contributed by atoms with van der Waals surface area (Å²) in [5, 5.41) is 8.68. The third-order valence-corrected chi connectivity index (χ3v) is 4.50. The monoisotopic (exact) mass is 333 g/mol. The maximum absolute atomic E-state index is 12.0. The third kappa shape index (κ3) is 3.96. The summed E-state index contributed by atoms with van der Waals surface area (Å²) >= 11 is 0. The highest BCUT2D eigenvalue weighted by Crippen LogP contribution is 2.30. The van der Waals surface area contributed by atoms with Crippen LogP contribution in [0.2, 0.25) is 0 Å². The number of aliphatic carboxylic acids is 1. The molecule has 7 heteroatoms. The highest BCUT2D eigenvalue weighted by Gasteiger charge is 2.29. The van der Waals surface area contributed by atoms with Gasteiger partial charge in [-0.05, 0) is 25.0 Å². The molecule has 0 spiro atoms. The Hall–Kier alpha value is -2.31. The molecule has 1 unspecified atom stereocenters. The first-order valence-electron chi connectivity index (χ1n) is 8.49. The lowest BCUT2D eigenvalue weighted by atomic mass is 10.3. The van der Waals surface area contributed by atoms with Gasteiger partial charge in [0.1, 0.15) is 6.10 Å². The lowest BCUT2D eigenvalue weighted by Gasteiger charge is -2.22. The van der Waals surface area contributed by atoms with Crippen LogP contribution >= 0.6 is 0 Å². The first-order chi connectivity index (χ1) is 11.6. The predicted octanol–water partition coefficient (Wildman–Crippen LogP) is 1.53. The molecular weight excluding hydrogens is 310 g/mol. The topological polar surface area (TPSA) is 83.0 Å². The molecule has 0 bridgehead atoms. The summed E-state index contributed by atoms with van der Waals surface area (Å²) in [6, 6.07) is 3.79. The molecular formula is C17H23N3O4. The van der Waals surface area contributed by atoms with E-state index in [4.69, 9.17) is 9.84 Å². The van der Waals surface area contributed by atoms with E-state index in [1.807, 2.05) is 12.1 Å². The van der Waals surface area contributed by atoms with Crippen LogP contribution in [0, 0.1) is 0 Å². The summed E-state index contributed by atoms with van der Waals surface area (Å²) in [7, 11) is 0. The number of likely N-dealkylation sites (tertiary alicyclic amines) is 1. The molecule has 7 nitrogen and oxygen atoms in total. The highest BCUT2D eigenvalue weighted by atomic mass is 16.5. The van der Waals surface area contributed by atoms with E-state index in [1.165, 1.54) is 12.8 Å². The second-order valence-corrected chi connectivity index (χ2v) is 6.28. The Labute approximate surface area is 141 Å². The van der Waals surface area contributed by atoms with Gasteiger partial charge in [0.15, 0.2) is 11.6 Å². The summed E-state index contributed by atoms with van der Waals surface area (Å²) < 4.78 is 6.11. The zero-order valence-electron chi connectivity index (χ0n) is 13.7. The number of pyridine rings is 1. The van der Waals surface area contributed by atoms with Crippen LogP contribution in [0.25, 0.3) is 0 Å². The number of rotatable bonds is 6. The van der Waals surface area contributed by atoms with Gasteiger partial charge >= 0.3 is 5.97 Å². The molecule has 2 aliphatic heterocycles. The van der Waals surface area contributed by atoms with Gasteiger partial charge in [-0.1, -0.05) is 0 Å². The van der Waals surface area contributed by atoms with Gasteiger partial charge in [0.2, 0.25) is 5.91 Å². The van der Waals surface area contributed by atoms with Crippen molar-refractivity contribution in [1.82, 2.24) is 9.88 Å². The standard InChI is InChI=1S/C17H23N3O4/c21-15(5-6-16(22)23)20-11-7-13(12-20)24-14-4-3-8-18-17(14)19-9-1-2-10-19/h3-4,8,13H,1-2,5-7,9-12H2,(H,22,23). The average Bonchev–Trinajstić information content (AvgIpc) is 3.25. The van der Waals surface area contributed by atoms with Gasteiger partial charge in [0.05, 0.1) is 13.0 Å².